The maximum absolute atomic E-state index is 12.1. The molecule has 0 amide bonds. The van der Waals surface area contributed by atoms with E-state index in [2.05, 4.69) is 10.5 Å². The number of aliphatic hydroxyl groups excluding tert-OH is 1. The molecule has 1 aromatic rings. The lowest BCUT2D eigenvalue weighted by atomic mass is 10.2. The number of nitrogens with two attached hydrogens (primary N) is 1. The molecular formula is C13H21N3O4S. The van der Waals surface area contributed by atoms with Crippen LogP contribution in [-0.4, -0.2) is 49.5 Å². The summed E-state index contributed by atoms with van der Waals surface area (Å²) in [5.74, 6) is -0.138. The molecule has 1 rings (SSSR count). The summed E-state index contributed by atoms with van der Waals surface area (Å²) in [5, 5.41) is 23.4. The number of oxime groups is 1. The van der Waals surface area contributed by atoms with Gasteiger partial charge in [-0.2, -0.15) is 0 Å². The third kappa shape index (κ3) is 5.00. The predicted octanol–water partition coefficient (Wildman–Crippen LogP) is -0.0847. The fourth-order valence-corrected chi connectivity index (χ4v) is 2.92. The first-order valence-electron chi connectivity index (χ1n) is 6.59. The lowest BCUT2D eigenvalue weighted by molar-refractivity contribution is 0.241. The highest BCUT2D eigenvalue weighted by Crippen LogP contribution is 2.12. The molecule has 21 heavy (non-hydrogen) atoms. The molecule has 5 N–H and O–H groups in total. The van der Waals surface area contributed by atoms with Crippen LogP contribution in [0.5, 0.6) is 0 Å². The molecule has 0 radical (unpaired) electrons. The molecule has 0 aliphatic rings. The Kier molecular flexibility index (Phi) is 6.60. The van der Waals surface area contributed by atoms with Crippen molar-refractivity contribution in [1.29, 1.82) is 0 Å². The van der Waals surface area contributed by atoms with Gasteiger partial charge in [0.2, 0.25) is 0 Å². The summed E-state index contributed by atoms with van der Waals surface area (Å²) >= 11 is 0. The van der Waals surface area contributed by atoms with Crippen LogP contribution in [0.4, 0.5) is 0 Å². The molecule has 0 aliphatic carbocycles. The minimum absolute atomic E-state index is 0.0228. The minimum Gasteiger partial charge on any atom is -0.409 e. The van der Waals surface area contributed by atoms with Crippen molar-refractivity contribution in [2.24, 2.45) is 10.9 Å². The van der Waals surface area contributed by atoms with Gasteiger partial charge in [-0.1, -0.05) is 12.1 Å². The molecule has 118 valence electrons. The average Bonchev–Trinajstić information content (AvgIpc) is 2.51. The van der Waals surface area contributed by atoms with Crippen molar-refractivity contribution in [1.82, 2.24) is 5.32 Å². The van der Waals surface area contributed by atoms with Gasteiger partial charge in [-0.25, -0.2) is 8.42 Å². The molecule has 7 nitrogen and oxygen atoms in total. The number of hydrogen-bond donors (Lipinski definition) is 4. The van der Waals surface area contributed by atoms with E-state index < -0.39 is 9.84 Å². The van der Waals surface area contributed by atoms with E-state index in [1.165, 1.54) is 24.3 Å². The molecule has 1 atom stereocenters. The summed E-state index contributed by atoms with van der Waals surface area (Å²) < 4.78 is 24.3. The number of hydrogen-bond acceptors (Lipinski definition) is 6. The number of nitrogens with one attached hydrogen (secondary N) is 1. The summed E-state index contributed by atoms with van der Waals surface area (Å²) in [7, 11) is -3.41. The number of aliphatic hydroxyl groups is 1. The van der Waals surface area contributed by atoms with Crippen molar-refractivity contribution < 1.29 is 18.7 Å². The smallest absolute Gasteiger partial charge is 0.179 e. The topological polar surface area (TPSA) is 125 Å². The van der Waals surface area contributed by atoms with Gasteiger partial charge in [0, 0.05) is 18.2 Å². The second-order valence-electron chi connectivity index (χ2n) is 4.57. The van der Waals surface area contributed by atoms with E-state index in [0.29, 0.717) is 5.56 Å². The van der Waals surface area contributed by atoms with E-state index in [1.807, 2.05) is 6.92 Å². The monoisotopic (exact) mass is 315 g/mol. The highest BCUT2D eigenvalue weighted by Gasteiger charge is 2.15. The summed E-state index contributed by atoms with van der Waals surface area (Å²) in [5.41, 5.74) is 5.86. The maximum Gasteiger partial charge on any atom is 0.179 e. The maximum atomic E-state index is 12.1. The lowest BCUT2D eigenvalue weighted by Gasteiger charge is -2.13. The van der Waals surface area contributed by atoms with Gasteiger partial charge >= 0.3 is 0 Å². The quantitative estimate of drug-likeness (QED) is 0.230. The molecule has 0 heterocycles. The highest BCUT2D eigenvalue weighted by atomic mass is 32.2. The molecule has 0 saturated carbocycles. The first-order chi connectivity index (χ1) is 9.94. The normalized spacial score (nSPS) is 14.1. The first-order valence-corrected chi connectivity index (χ1v) is 8.24. The number of nitrogens with zero attached hydrogens (tertiary/aromatic N) is 1. The summed E-state index contributed by atoms with van der Waals surface area (Å²) in [6.07, 6.45) is 0.727. The van der Waals surface area contributed by atoms with Gasteiger partial charge in [-0.15, -0.1) is 0 Å². The van der Waals surface area contributed by atoms with E-state index in [1.54, 1.807) is 0 Å². The molecule has 0 aromatic heterocycles. The number of benzene rings is 1. The van der Waals surface area contributed by atoms with Crippen LogP contribution in [0.2, 0.25) is 0 Å². The van der Waals surface area contributed by atoms with Gasteiger partial charge < -0.3 is 21.4 Å². The van der Waals surface area contributed by atoms with Crippen LogP contribution in [-0.2, 0) is 9.84 Å². The van der Waals surface area contributed by atoms with Crippen LogP contribution in [0, 0.1) is 0 Å². The Hall–Kier alpha value is -1.64. The fraction of sp³-hybridized carbons (Fsp3) is 0.462. The van der Waals surface area contributed by atoms with Gasteiger partial charge in [0.1, 0.15) is 0 Å². The number of sulfone groups is 1. The Labute approximate surface area is 124 Å². The number of amidine groups is 1. The second kappa shape index (κ2) is 7.96. The van der Waals surface area contributed by atoms with Crippen molar-refractivity contribution in [3.63, 3.8) is 0 Å². The molecule has 0 aliphatic heterocycles. The van der Waals surface area contributed by atoms with E-state index in [4.69, 9.17) is 16.0 Å². The average molecular weight is 315 g/mol. The van der Waals surface area contributed by atoms with Crippen molar-refractivity contribution >= 4 is 15.7 Å². The summed E-state index contributed by atoms with van der Waals surface area (Å²) in [6.45, 7) is 2.16. The second-order valence-corrected chi connectivity index (χ2v) is 6.68. The molecule has 0 bridgehead atoms. The van der Waals surface area contributed by atoms with Crippen molar-refractivity contribution in [3.8, 4) is 0 Å². The lowest BCUT2D eigenvalue weighted by Crippen LogP contribution is -2.35. The Bertz CT molecular complexity index is 566. The molecule has 1 aromatic carbocycles. The summed E-state index contributed by atoms with van der Waals surface area (Å²) in [4.78, 5) is 0.177. The SMILES string of the molecule is CCC(CO)NCCS(=O)(=O)c1ccc(/C(N)=N/O)cc1. The Balaban J connectivity index is 2.70. The Morgan fingerprint density at radius 3 is 2.48 bits per heavy atom. The van der Waals surface area contributed by atoms with Gasteiger partial charge in [0.05, 0.1) is 17.3 Å². The van der Waals surface area contributed by atoms with Crippen molar-refractivity contribution in [2.45, 2.75) is 24.3 Å². The van der Waals surface area contributed by atoms with Crippen molar-refractivity contribution in [3.05, 3.63) is 29.8 Å². The zero-order chi connectivity index (χ0) is 15.9. The largest absolute Gasteiger partial charge is 0.409 e. The van der Waals surface area contributed by atoms with Crippen molar-refractivity contribution in [2.75, 3.05) is 18.9 Å². The Morgan fingerprint density at radius 1 is 1.38 bits per heavy atom. The van der Waals surface area contributed by atoms with Gasteiger partial charge in [-0.05, 0) is 30.7 Å². The van der Waals surface area contributed by atoms with E-state index in [0.717, 1.165) is 6.42 Å². The van der Waals surface area contributed by atoms with Gasteiger partial charge in [-0.3, -0.25) is 0 Å². The Morgan fingerprint density at radius 2 is 2.00 bits per heavy atom. The molecule has 0 saturated heterocycles. The molecule has 0 spiro atoms. The third-order valence-electron chi connectivity index (χ3n) is 3.13. The van der Waals surface area contributed by atoms with Crippen LogP contribution < -0.4 is 11.1 Å². The molecule has 1 unspecified atom stereocenters. The first kappa shape index (κ1) is 17.4. The highest BCUT2D eigenvalue weighted by molar-refractivity contribution is 7.91. The number of rotatable bonds is 8. The van der Waals surface area contributed by atoms with Gasteiger partial charge in [0.25, 0.3) is 0 Å². The third-order valence-corrected chi connectivity index (χ3v) is 4.87. The van der Waals surface area contributed by atoms with Crippen LogP contribution in [0.25, 0.3) is 0 Å². The molecule has 8 heteroatoms. The standard InChI is InChI=1S/C13H21N3O4S/c1-2-11(9-17)15-7-8-21(19,20)12-5-3-10(4-6-12)13(14)16-18/h3-6,11,15,17-18H,2,7-9H2,1H3,(H2,14,16). The van der Waals surface area contributed by atoms with E-state index in [-0.39, 0.29) is 35.7 Å². The molecular weight excluding hydrogens is 294 g/mol. The zero-order valence-electron chi connectivity index (χ0n) is 11.9. The fourth-order valence-electron chi connectivity index (χ4n) is 1.74. The predicted molar refractivity (Wildman–Crippen MR) is 80.2 cm³/mol. The summed E-state index contributed by atoms with van der Waals surface area (Å²) in [6, 6.07) is 5.72. The molecule has 0 fully saturated rings. The van der Waals surface area contributed by atoms with Gasteiger partial charge in [0.15, 0.2) is 15.7 Å². The van der Waals surface area contributed by atoms with E-state index in [9.17, 15) is 8.42 Å². The van der Waals surface area contributed by atoms with E-state index >= 15 is 0 Å². The van der Waals surface area contributed by atoms with Crippen LogP contribution in [0.15, 0.2) is 34.3 Å². The van der Waals surface area contributed by atoms with Crippen LogP contribution in [0.1, 0.15) is 18.9 Å². The van der Waals surface area contributed by atoms with Crippen LogP contribution >= 0.6 is 0 Å². The van der Waals surface area contributed by atoms with Crippen LogP contribution in [0.3, 0.4) is 0 Å². The zero-order valence-corrected chi connectivity index (χ0v) is 12.7. The minimum atomic E-state index is -3.41.